The zero-order valence-corrected chi connectivity index (χ0v) is 24.2. The summed E-state index contributed by atoms with van der Waals surface area (Å²) in [5.74, 6) is -2.49. The van der Waals surface area contributed by atoms with Gasteiger partial charge in [0.05, 0.1) is 35.1 Å². The number of carbonyl (C=O) groups is 3. The monoisotopic (exact) mass is 610 g/mol. The first-order valence-electron chi connectivity index (χ1n) is 13.7. The molecule has 0 fully saturated rings. The fraction of sp³-hybridized carbons (Fsp3) is 0.290. The number of ether oxygens (including phenoxy) is 1. The van der Waals surface area contributed by atoms with E-state index in [-0.39, 0.29) is 52.5 Å². The summed E-state index contributed by atoms with van der Waals surface area (Å²) < 4.78 is 34.9. The van der Waals surface area contributed by atoms with Gasteiger partial charge in [0.15, 0.2) is 5.82 Å². The summed E-state index contributed by atoms with van der Waals surface area (Å²) in [4.78, 5) is 44.2. The van der Waals surface area contributed by atoms with Crippen LogP contribution >= 0.6 is 11.6 Å². The van der Waals surface area contributed by atoms with Gasteiger partial charge in [-0.25, -0.2) is 18.6 Å². The van der Waals surface area contributed by atoms with E-state index in [4.69, 9.17) is 16.3 Å². The molecule has 0 unspecified atom stereocenters. The van der Waals surface area contributed by atoms with Crippen molar-refractivity contribution >= 4 is 46.5 Å². The van der Waals surface area contributed by atoms with Gasteiger partial charge < -0.3 is 20.1 Å². The first kappa shape index (κ1) is 30.0. The Morgan fingerprint density at radius 1 is 1.16 bits per heavy atom. The summed E-state index contributed by atoms with van der Waals surface area (Å²) in [7, 11) is 1.47. The van der Waals surface area contributed by atoms with Gasteiger partial charge in [0.25, 0.3) is 0 Å². The number of anilines is 2. The molecule has 2 aliphatic rings. The van der Waals surface area contributed by atoms with E-state index < -0.39 is 29.7 Å². The second kappa shape index (κ2) is 12.4. The van der Waals surface area contributed by atoms with Gasteiger partial charge in [-0.15, -0.1) is 0 Å². The number of hydrogen-bond donors (Lipinski definition) is 3. The number of halogens is 3. The van der Waals surface area contributed by atoms with Gasteiger partial charge >= 0.3 is 6.09 Å². The average molecular weight is 611 g/mol. The van der Waals surface area contributed by atoms with E-state index in [0.717, 1.165) is 12.1 Å². The smallest absolute Gasteiger partial charge is 0.409 e. The summed E-state index contributed by atoms with van der Waals surface area (Å²) in [6.07, 6.45) is 1.73. The fourth-order valence-electron chi connectivity index (χ4n) is 5.51. The molecule has 5 rings (SSSR count). The lowest BCUT2D eigenvalue weighted by Crippen LogP contribution is -2.38. The lowest BCUT2D eigenvalue weighted by Gasteiger charge is -2.35. The highest BCUT2D eigenvalue weighted by Gasteiger charge is 2.32. The summed E-state index contributed by atoms with van der Waals surface area (Å²) in [5, 5.41) is 14.2. The van der Waals surface area contributed by atoms with Crippen LogP contribution < -0.4 is 15.4 Å². The Morgan fingerprint density at radius 2 is 1.95 bits per heavy atom. The molecule has 2 atom stereocenters. The molecule has 3 N–H and O–H groups in total. The predicted molar refractivity (Wildman–Crippen MR) is 158 cm³/mol. The molecule has 0 aliphatic carbocycles. The summed E-state index contributed by atoms with van der Waals surface area (Å²) >= 11 is 5.89. The van der Waals surface area contributed by atoms with Crippen LogP contribution in [0.2, 0.25) is 5.02 Å². The van der Waals surface area contributed by atoms with Gasteiger partial charge in [0.2, 0.25) is 17.7 Å². The van der Waals surface area contributed by atoms with E-state index in [0.29, 0.717) is 41.8 Å². The number of pyridine rings is 1. The Morgan fingerprint density at radius 3 is 2.67 bits per heavy atom. The number of amides is 3. The van der Waals surface area contributed by atoms with E-state index in [1.54, 1.807) is 42.2 Å². The number of carboxylic acid groups (broad SMARTS) is 1. The van der Waals surface area contributed by atoms with Gasteiger partial charge in [0.1, 0.15) is 5.82 Å². The minimum Gasteiger partial charge on any atom is -0.481 e. The van der Waals surface area contributed by atoms with Crippen molar-refractivity contribution in [1.29, 1.82) is 0 Å². The number of rotatable bonds is 4. The van der Waals surface area contributed by atoms with Crippen molar-refractivity contribution in [2.75, 3.05) is 24.3 Å². The van der Waals surface area contributed by atoms with Crippen molar-refractivity contribution in [3.8, 4) is 17.0 Å². The molecule has 3 heterocycles. The van der Waals surface area contributed by atoms with E-state index >= 15 is 0 Å². The minimum absolute atomic E-state index is 0.172. The van der Waals surface area contributed by atoms with Crippen LogP contribution in [0.5, 0.6) is 5.88 Å². The molecule has 0 radical (unpaired) electrons. The lowest BCUT2D eigenvalue weighted by molar-refractivity contribution is -0.129. The van der Waals surface area contributed by atoms with Crippen LogP contribution in [0.15, 0.2) is 48.5 Å². The molecule has 2 aliphatic heterocycles. The quantitative estimate of drug-likeness (QED) is 0.277. The molecule has 0 saturated heterocycles. The first-order valence-corrected chi connectivity index (χ1v) is 14.1. The Bertz CT molecular complexity index is 1650. The fourth-order valence-corrected chi connectivity index (χ4v) is 5.67. The molecule has 2 aromatic carbocycles. The third-order valence-electron chi connectivity index (χ3n) is 7.72. The third-order valence-corrected chi connectivity index (χ3v) is 8.01. The minimum atomic E-state index is -1.24. The van der Waals surface area contributed by atoms with Crippen molar-refractivity contribution < 1.29 is 33.0 Å². The molecule has 3 aromatic rings. The molecule has 12 heteroatoms. The number of carbonyl (C=O) groups excluding carboxylic acids is 2. The molecule has 2 bridgehead atoms. The molecule has 3 amide bonds. The van der Waals surface area contributed by atoms with E-state index in [2.05, 4.69) is 15.6 Å². The van der Waals surface area contributed by atoms with Crippen LogP contribution in [0.1, 0.15) is 49.9 Å². The van der Waals surface area contributed by atoms with Crippen LogP contribution in [0, 0.1) is 17.6 Å². The highest BCUT2D eigenvalue weighted by Crippen LogP contribution is 2.39. The van der Waals surface area contributed by atoms with Crippen molar-refractivity contribution in [3.63, 3.8) is 0 Å². The highest BCUT2D eigenvalue weighted by molar-refractivity contribution is 6.31. The normalized spacial score (nSPS) is 18.9. The molecule has 224 valence electrons. The molecular formula is C31H29ClF2N4O5. The second-order valence-corrected chi connectivity index (χ2v) is 10.9. The van der Waals surface area contributed by atoms with Gasteiger partial charge in [-0.2, -0.15) is 0 Å². The Kier molecular flexibility index (Phi) is 8.63. The first-order chi connectivity index (χ1) is 20.5. The van der Waals surface area contributed by atoms with Crippen molar-refractivity contribution in [3.05, 3.63) is 76.5 Å². The molecular weight excluding hydrogens is 582 g/mol. The van der Waals surface area contributed by atoms with Crippen LogP contribution in [0.4, 0.5) is 25.0 Å². The number of aromatic nitrogens is 1. The number of hydrogen-bond acceptors (Lipinski definition) is 5. The van der Waals surface area contributed by atoms with Crippen LogP contribution in [0.25, 0.3) is 16.7 Å². The van der Waals surface area contributed by atoms with Crippen LogP contribution in [-0.2, 0) is 9.59 Å². The number of nitrogens with one attached hydrogen (secondary N) is 2. The number of nitrogens with zero attached hydrogens (tertiary/aromatic N) is 2. The summed E-state index contributed by atoms with van der Waals surface area (Å²) in [6, 6.07) is 9.96. The van der Waals surface area contributed by atoms with Crippen molar-refractivity contribution in [2.24, 2.45) is 5.92 Å². The zero-order chi connectivity index (χ0) is 30.8. The van der Waals surface area contributed by atoms with Crippen LogP contribution in [-0.4, -0.2) is 46.6 Å². The van der Waals surface area contributed by atoms with E-state index in [1.807, 2.05) is 0 Å². The van der Waals surface area contributed by atoms with Crippen molar-refractivity contribution in [2.45, 2.75) is 38.6 Å². The maximum atomic E-state index is 14.8. The van der Waals surface area contributed by atoms with Gasteiger partial charge in [-0.3, -0.25) is 14.9 Å². The van der Waals surface area contributed by atoms with E-state index in [1.165, 1.54) is 13.2 Å². The highest BCUT2D eigenvalue weighted by atomic mass is 35.5. The van der Waals surface area contributed by atoms with Crippen molar-refractivity contribution in [1.82, 2.24) is 9.88 Å². The third kappa shape index (κ3) is 6.31. The molecule has 9 nitrogen and oxygen atoms in total. The Balaban J connectivity index is 1.59. The number of fused-ring (bicyclic) bond motifs is 4. The van der Waals surface area contributed by atoms with E-state index in [9.17, 15) is 28.3 Å². The SMILES string of the molecule is COc1cc2cc(n1)[C@@H](N1CCC(c3c(F)ccc(Cl)c3F)=CC1=O)CCC[C@@H](C)C(=O)Nc1cc(NC(=O)O)ccc1-2. The topological polar surface area (TPSA) is 121 Å². The summed E-state index contributed by atoms with van der Waals surface area (Å²) in [5.41, 5.74) is 2.34. The average Bonchev–Trinajstić information content (AvgIpc) is 2.97. The van der Waals surface area contributed by atoms with Gasteiger partial charge in [0, 0.05) is 35.9 Å². The lowest BCUT2D eigenvalue weighted by atomic mass is 9.92. The maximum absolute atomic E-state index is 14.8. The Hall–Kier alpha value is -4.51. The summed E-state index contributed by atoms with van der Waals surface area (Å²) in [6.45, 7) is 1.97. The van der Waals surface area contributed by atoms with Crippen LogP contribution in [0.3, 0.4) is 0 Å². The molecule has 1 aromatic heterocycles. The second-order valence-electron chi connectivity index (χ2n) is 10.5. The van der Waals surface area contributed by atoms with Gasteiger partial charge in [-0.1, -0.05) is 31.0 Å². The molecule has 0 spiro atoms. The maximum Gasteiger partial charge on any atom is 0.409 e. The standard InChI is InChI=1S/C31H29ClF2N4O5/c1-16-4-3-5-25(38-11-10-17(14-27(38)39)28-22(33)9-8-21(32)29(28)34)24-12-18(13-26(36-24)43-2)20-7-6-19(35-31(41)42)15-23(20)37-30(16)40/h6-9,12-16,25,35H,3-5,10-11H2,1-2H3,(H,37,40)(H,41,42)/t16-,25+/m1/s1. The largest absolute Gasteiger partial charge is 0.481 e. The number of methoxy groups -OCH3 is 1. The number of benzene rings is 2. The predicted octanol–water partition coefficient (Wildman–Crippen LogP) is 6.89. The Labute approximate surface area is 251 Å². The molecule has 0 saturated carbocycles. The molecule has 43 heavy (non-hydrogen) atoms. The van der Waals surface area contributed by atoms with Gasteiger partial charge in [-0.05, 0) is 60.7 Å². The zero-order valence-electron chi connectivity index (χ0n) is 23.4.